The molecule has 0 bridgehead atoms. The van der Waals surface area contributed by atoms with Crippen LogP contribution in [0.5, 0.6) is 12.0 Å². The molecule has 1 aliphatic heterocycles. The highest BCUT2D eigenvalue weighted by Gasteiger charge is 2.25. The molecular formula is C14H15N5O5S2. The quantitative estimate of drug-likeness (QED) is 0.762. The largest absolute Gasteiger partial charge is 0.467 e. The molecule has 0 radical (unpaired) electrons. The van der Waals surface area contributed by atoms with Gasteiger partial charge in [0.1, 0.15) is 0 Å². The monoisotopic (exact) mass is 397 g/mol. The molecule has 1 aromatic heterocycles. The highest BCUT2D eigenvalue weighted by atomic mass is 32.2. The maximum Gasteiger partial charge on any atom is 0.335 e. The van der Waals surface area contributed by atoms with Crippen LogP contribution in [0.1, 0.15) is 11.1 Å². The second-order valence-electron chi connectivity index (χ2n) is 5.08. The SMILES string of the molecule is COc1nc(NC(=O)NS(=O)(=O)c2cccc3c2CSC3)nc(OC)n1. The summed E-state index contributed by atoms with van der Waals surface area (Å²) in [6.07, 6.45) is 0. The minimum absolute atomic E-state index is 0.0842. The number of nitrogens with one attached hydrogen (secondary N) is 2. The van der Waals surface area contributed by atoms with Crippen molar-refractivity contribution < 1.29 is 22.7 Å². The first-order valence-corrected chi connectivity index (χ1v) is 9.93. The van der Waals surface area contributed by atoms with Crippen molar-refractivity contribution in [2.24, 2.45) is 0 Å². The fourth-order valence-corrected chi connectivity index (χ4v) is 4.72. The molecule has 0 fully saturated rings. The summed E-state index contributed by atoms with van der Waals surface area (Å²) in [4.78, 5) is 23.6. The number of aromatic nitrogens is 3. The minimum atomic E-state index is -4.05. The van der Waals surface area contributed by atoms with Crippen LogP contribution in [0.4, 0.5) is 10.7 Å². The van der Waals surface area contributed by atoms with E-state index in [0.717, 1.165) is 11.3 Å². The summed E-state index contributed by atoms with van der Waals surface area (Å²) in [6.45, 7) is 0. The Morgan fingerprint density at radius 2 is 1.81 bits per heavy atom. The molecule has 0 unspecified atom stereocenters. The van der Waals surface area contributed by atoms with Gasteiger partial charge < -0.3 is 9.47 Å². The maximum absolute atomic E-state index is 12.6. The van der Waals surface area contributed by atoms with Gasteiger partial charge in [0, 0.05) is 11.5 Å². The number of fused-ring (bicyclic) bond motifs is 1. The van der Waals surface area contributed by atoms with Crippen molar-refractivity contribution in [3.05, 3.63) is 29.3 Å². The van der Waals surface area contributed by atoms with Crippen LogP contribution in [0.15, 0.2) is 23.1 Å². The highest BCUT2D eigenvalue weighted by Crippen LogP contribution is 2.34. The van der Waals surface area contributed by atoms with Gasteiger partial charge in [-0.1, -0.05) is 12.1 Å². The van der Waals surface area contributed by atoms with Crippen molar-refractivity contribution in [2.75, 3.05) is 19.5 Å². The van der Waals surface area contributed by atoms with Gasteiger partial charge in [-0.2, -0.15) is 21.7 Å². The molecule has 2 aromatic rings. The zero-order valence-electron chi connectivity index (χ0n) is 13.8. The van der Waals surface area contributed by atoms with Gasteiger partial charge in [0.2, 0.25) is 5.95 Å². The van der Waals surface area contributed by atoms with Gasteiger partial charge in [-0.15, -0.1) is 4.98 Å². The number of thioether (sulfide) groups is 1. The third-order valence-electron chi connectivity index (χ3n) is 3.44. The Kier molecular flexibility index (Phi) is 5.13. The summed E-state index contributed by atoms with van der Waals surface area (Å²) in [5.41, 5.74) is 1.66. The van der Waals surface area contributed by atoms with Crippen molar-refractivity contribution in [2.45, 2.75) is 16.4 Å². The van der Waals surface area contributed by atoms with Crippen LogP contribution in [0.25, 0.3) is 0 Å². The van der Waals surface area contributed by atoms with Crippen LogP contribution in [0.3, 0.4) is 0 Å². The van der Waals surface area contributed by atoms with E-state index in [9.17, 15) is 13.2 Å². The molecule has 138 valence electrons. The molecule has 0 spiro atoms. The molecule has 12 heteroatoms. The molecule has 0 saturated carbocycles. The van der Waals surface area contributed by atoms with Crippen molar-refractivity contribution in [1.82, 2.24) is 19.7 Å². The average molecular weight is 397 g/mol. The first kappa shape index (κ1) is 18.2. The van der Waals surface area contributed by atoms with E-state index in [1.807, 2.05) is 10.8 Å². The Balaban J connectivity index is 1.79. The second-order valence-corrected chi connectivity index (χ2v) is 7.72. The topological polar surface area (TPSA) is 132 Å². The van der Waals surface area contributed by atoms with Gasteiger partial charge in [-0.05, 0) is 17.2 Å². The third kappa shape index (κ3) is 3.80. The van der Waals surface area contributed by atoms with E-state index in [1.54, 1.807) is 17.8 Å². The number of anilines is 1. The Bertz CT molecular complexity index is 928. The number of ether oxygens (including phenoxy) is 2. The van der Waals surface area contributed by atoms with Gasteiger partial charge in [-0.25, -0.2) is 17.9 Å². The Morgan fingerprint density at radius 3 is 2.46 bits per heavy atom. The van der Waals surface area contributed by atoms with Crippen molar-refractivity contribution in [3.63, 3.8) is 0 Å². The van der Waals surface area contributed by atoms with E-state index in [1.165, 1.54) is 20.3 Å². The number of sulfonamides is 1. The smallest absolute Gasteiger partial charge is 0.335 e. The van der Waals surface area contributed by atoms with Gasteiger partial charge in [-0.3, -0.25) is 5.32 Å². The molecule has 1 aromatic carbocycles. The van der Waals surface area contributed by atoms with Gasteiger partial charge in [0.15, 0.2) is 0 Å². The number of nitrogens with zero attached hydrogens (tertiary/aromatic N) is 3. The molecule has 2 N–H and O–H groups in total. The lowest BCUT2D eigenvalue weighted by molar-refractivity contribution is 0.256. The van der Waals surface area contributed by atoms with Crippen LogP contribution < -0.4 is 19.5 Å². The molecule has 1 aliphatic rings. The fraction of sp³-hybridized carbons (Fsp3) is 0.286. The van der Waals surface area contributed by atoms with Gasteiger partial charge in [0.05, 0.1) is 19.1 Å². The molecule has 0 atom stereocenters. The van der Waals surface area contributed by atoms with Crippen molar-refractivity contribution in [3.8, 4) is 12.0 Å². The number of methoxy groups -OCH3 is 2. The summed E-state index contributed by atoms with van der Waals surface area (Å²) in [7, 11) is -1.38. The van der Waals surface area contributed by atoms with E-state index in [-0.39, 0.29) is 22.9 Å². The molecule has 2 amide bonds. The van der Waals surface area contributed by atoms with E-state index in [4.69, 9.17) is 9.47 Å². The zero-order valence-corrected chi connectivity index (χ0v) is 15.5. The van der Waals surface area contributed by atoms with E-state index < -0.39 is 16.1 Å². The van der Waals surface area contributed by atoms with Gasteiger partial charge in [0.25, 0.3) is 10.0 Å². The number of urea groups is 1. The molecular weight excluding hydrogens is 382 g/mol. The highest BCUT2D eigenvalue weighted by molar-refractivity contribution is 7.98. The Hall–Kier alpha value is -2.60. The number of rotatable bonds is 5. The molecule has 10 nitrogen and oxygen atoms in total. The molecule has 2 heterocycles. The Morgan fingerprint density at radius 1 is 1.12 bits per heavy atom. The van der Waals surface area contributed by atoms with Crippen LogP contribution >= 0.6 is 11.8 Å². The number of hydrogen-bond donors (Lipinski definition) is 2. The predicted octanol–water partition coefficient (Wildman–Crippen LogP) is 1.15. The summed E-state index contributed by atoms with van der Waals surface area (Å²) < 4.78 is 36.8. The molecule has 0 saturated heterocycles. The zero-order chi connectivity index (χ0) is 18.7. The standard InChI is InChI=1S/C14H15N5O5S2/c1-23-13-16-11(17-14(18-13)24-2)15-12(20)19-26(21,22)10-5-3-4-8-6-25-7-9(8)10/h3-5H,6-7H2,1-2H3,(H2,15,16,17,18,19,20). The Labute approximate surface area is 153 Å². The van der Waals surface area contributed by atoms with Crippen molar-refractivity contribution in [1.29, 1.82) is 0 Å². The average Bonchev–Trinajstić information content (AvgIpc) is 3.09. The lowest BCUT2D eigenvalue weighted by Crippen LogP contribution is -2.35. The fourth-order valence-electron chi connectivity index (χ4n) is 2.31. The third-order valence-corrected chi connectivity index (χ3v) is 5.86. The number of benzene rings is 1. The van der Waals surface area contributed by atoms with Crippen LogP contribution in [-0.2, 0) is 21.5 Å². The van der Waals surface area contributed by atoms with E-state index >= 15 is 0 Å². The predicted molar refractivity (Wildman–Crippen MR) is 93.7 cm³/mol. The minimum Gasteiger partial charge on any atom is -0.467 e. The summed E-state index contributed by atoms with van der Waals surface area (Å²) in [5, 5.41) is 2.23. The number of amides is 2. The van der Waals surface area contributed by atoms with Crippen LogP contribution in [0.2, 0.25) is 0 Å². The lowest BCUT2D eigenvalue weighted by atomic mass is 10.1. The molecule has 3 rings (SSSR count). The lowest BCUT2D eigenvalue weighted by Gasteiger charge is -2.11. The summed E-state index contributed by atoms with van der Waals surface area (Å²) in [6, 6.07) is 3.80. The normalized spacial score (nSPS) is 13.0. The molecule has 0 aliphatic carbocycles. The second kappa shape index (κ2) is 7.33. The summed E-state index contributed by atoms with van der Waals surface area (Å²) >= 11 is 1.62. The molecule has 26 heavy (non-hydrogen) atoms. The number of hydrogen-bond acceptors (Lipinski definition) is 9. The van der Waals surface area contributed by atoms with E-state index in [2.05, 4.69) is 20.3 Å². The van der Waals surface area contributed by atoms with E-state index in [0.29, 0.717) is 11.3 Å². The van der Waals surface area contributed by atoms with Gasteiger partial charge >= 0.3 is 18.1 Å². The maximum atomic E-state index is 12.6. The summed E-state index contributed by atoms with van der Waals surface area (Å²) in [5.74, 6) is 1.11. The first-order valence-electron chi connectivity index (χ1n) is 7.29. The number of carbonyl (C=O) groups is 1. The first-order chi connectivity index (χ1) is 12.4. The number of carbonyl (C=O) groups excluding carboxylic acids is 1. The van der Waals surface area contributed by atoms with Crippen LogP contribution in [-0.4, -0.2) is 43.6 Å². The van der Waals surface area contributed by atoms with Crippen molar-refractivity contribution >= 4 is 33.8 Å². The van der Waals surface area contributed by atoms with Crippen LogP contribution in [0, 0.1) is 0 Å².